The second-order valence-electron chi connectivity index (χ2n) is 6.43. The Bertz CT molecular complexity index is 567. The third kappa shape index (κ3) is 3.05. The SMILES string of the molecule is Cc1cc(C(=O)N2CCC(C(=O)N3CCCC3)CC2)c(C)s1. The molecule has 0 saturated carbocycles. The minimum atomic E-state index is 0.118. The van der Waals surface area contributed by atoms with Crippen molar-refractivity contribution in [2.45, 2.75) is 39.5 Å². The molecule has 2 aliphatic rings. The minimum absolute atomic E-state index is 0.118. The van der Waals surface area contributed by atoms with Crippen molar-refractivity contribution < 1.29 is 9.59 Å². The predicted molar refractivity (Wildman–Crippen MR) is 88.2 cm³/mol. The molecule has 2 saturated heterocycles. The third-order valence-electron chi connectivity index (χ3n) is 4.82. The Labute approximate surface area is 136 Å². The van der Waals surface area contributed by atoms with Gasteiger partial charge in [-0.15, -0.1) is 11.3 Å². The van der Waals surface area contributed by atoms with Gasteiger partial charge in [-0.25, -0.2) is 0 Å². The summed E-state index contributed by atoms with van der Waals surface area (Å²) >= 11 is 1.68. The first-order chi connectivity index (χ1) is 10.6. The summed E-state index contributed by atoms with van der Waals surface area (Å²) in [6.45, 7) is 7.30. The van der Waals surface area contributed by atoms with Crippen LogP contribution in [-0.2, 0) is 4.79 Å². The normalized spacial score (nSPS) is 19.7. The molecular formula is C17H24N2O2S. The highest BCUT2D eigenvalue weighted by atomic mass is 32.1. The number of carbonyl (C=O) groups excluding carboxylic acids is 2. The van der Waals surface area contributed by atoms with Crippen LogP contribution in [0.4, 0.5) is 0 Å². The van der Waals surface area contributed by atoms with Crippen LogP contribution in [0.3, 0.4) is 0 Å². The molecule has 0 atom stereocenters. The quantitative estimate of drug-likeness (QED) is 0.841. The van der Waals surface area contributed by atoms with E-state index >= 15 is 0 Å². The first kappa shape index (κ1) is 15.5. The molecule has 0 N–H and O–H groups in total. The van der Waals surface area contributed by atoms with Gasteiger partial charge in [0, 0.05) is 41.9 Å². The van der Waals surface area contributed by atoms with Crippen LogP contribution in [0.25, 0.3) is 0 Å². The maximum absolute atomic E-state index is 12.6. The highest BCUT2D eigenvalue weighted by Gasteiger charge is 2.31. The van der Waals surface area contributed by atoms with Crippen LogP contribution in [-0.4, -0.2) is 47.8 Å². The molecule has 1 aromatic rings. The van der Waals surface area contributed by atoms with Gasteiger partial charge in [-0.3, -0.25) is 9.59 Å². The number of hydrogen-bond donors (Lipinski definition) is 0. The fourth-order valence-electron chi connectivity index (χ4n) is 3.54. The molecule has 3 heterocycles. The summed E-state index contributed by atoms with van der Waals surface area (Å²) in [5.74, 6) is 0.563. The number of piperidine rings is 1. The van der Waals surface area contributed by atoms with E-state index in [-0.39, 0.29) is 11.8 Å². The molecule has 0 aromatic carbocycles. The summed E-state index contributed by atoms with van der Waals surface area (Å²) in [7, 11) is 0. The molecule has 0 bridgehead atoms. The smallest absolute Gasteiger partial charge is 0.254 e. The van der Waals surface area contributed by atoms with E-state index in [0.29, 0.717) is 19.0 Å². The minimum Gasteiger partial charge on any atom is -0.342 e. The number of rotatable bonds is 2. The second kappa shape index (κ2) is 6.41. The molecule has 120 valence electrons. The van der Waals surface area contributed by atoms with Crippen LogP contribution in [0.15, 0.2) is 6.07 Å². The van der Waals surface area contributed by atoms with Gasteiger partial charge in [-0.1, -0.05) is 0 Å². The lowest BCUT2D eigenvalue weighted by Gasteiger charge is -2.33. The van der Waals surface area contributed by atoms with E-state index in [1.807, 2.05) is 29.7 Å². The molecule has 1 aromatic heterocycles. The zero-order valence-electron chi connectivity index (χ0n) is 13.4. The Hall–Kier alpha value is -1.36. The van der Waals surface area contributed by atoms with Crippen molar-refractivity contribution in [3.63, 3.8) is 0 Å². The molecule has 2 amide bonds. The van der Waals surface area contributed by atoms with Gasteiger partial charge in [0.2, 0.25) is 5.91 Å². The van der Waals surface area contributed by atoms with Gasteiger partial charge >= 0.3 is 0 Å². The molecule has 0 unspecified atom stereocenters. The molecule has 0 radical (unpaired) electrons. The maximum atomic E-state index is 12.6. The number of amides is 2. The fourth-order valence-corrected chi connectivity index (χ4v) is 4.45. The van der Waals surface area contributed by atoms with Crippen LogP contribution < -0.4 is 0 Å². The largest absolute Gasteiger partial charge is 0.342 e. The van der Waals surface area contributed by atoms with Crippen LogP contribution in [0, 0.1) is 19.8 Å². The van der Waals surface area contributed by atoms with Gasteiger partial charge in [-0.2, -0.15) is 0 Å². The standard InChI is InChI=1S/C17H24N2O2S/c1-12-11-15(13(2)22-12)17(21)19-9-5-14(6-10-19)16(20)18-7-3-4-8-18/h11,14H,3-10H2,1-2H3. The summed E-state index contributed by atoms with van der Waals surface area (Å²) < 4.78 is 0. The van der Waals surface area contributed by atoms with E-state index in [9.17, 15) is 9.59 Å². The summed E-state index contributed by atoms with van der Waals surface area (Å²) in [6, 6.07) is 1.99. The van der Waals surface area contributed by atoms with E-state index in [1.165, 1.54) is 4.88 Å². The lowest BCUT2D eigenvalue weighted by Crippen LogP contribution is -2.43. The summed E-state index contributed by atoms with van der Waals surface area (Å²) in [5, 5.41) is 0. The molecule has 0 spiro atoms. The Kier molecular flexibility index (Phi) is 4.52. The van der Waals surface area contributed by atoms with Crippen LogP contribution in [0.5, 0.6) is 0 Å². The Morgan fingerprint density at radius 1 is 1.05 bits per heavy atom. The van der Waals surface area contributed by atoms with E-state index < -0.39 is 0 Å². The van der Waals surface area contributed by atoms with Crippen molar-refractivity contribution in [1.29, 1.82) is 0 Å². The second-order valence-corrected chi connectivity index (χ2v) is 7.89. The lowest BCUT2D eigenvalue weighted by atomic mass is 9.95. The monoisotopic (exact) mass is 320 g/mol. The average Bonchev–Trinajstić information content (AvgIpc) is 3.15. The van der Waals surface area contributed by atoms with Crippen LogP contribution >= 0.6 is 11.3 Å². The molecule has 3 rings (SSSR count). The molecule has 2 aliphatic heterocycles. The molecule has 2 fully saturated rings. The summed E-state index contributed by atoms with van der Waals surface area (Å²) in [6.07, 6.45) is 3.90. The molecule has 22 heavy (non-hydrogen) atoms. The van der Waals surface area contributed by atoms with Gasteiger partial charge in [0.1, 0.15) is 0 Å². The first-order valence-electron chi connectivity index (χ1n) is 8.21. The zero-order chi connectivity index (χ0) is 15.7. The number of thiophene rings is 1. The van der Waals surface area contributed by atoms with Crippen molar-refractivity contribution in [3.05, 3.63) is 21.4 Å². The van der Waals surface area contributed by atoms with Crippen molar-refractivity contribution >= 4 is 23.2 Å². The summed E-state index contributed by atoms with van der Waals surface area (Å²) in [5.41, 5.74) is 0.840. The molecular weight excluding hydrogens is 296 g/mol. The third-order valence-corrected chi connectivity index (χ3v) is 5.79. The summed E-state index contributed by atoms with van der Waals surface area (Å²) in [4.78, 5) is 31.2. The highest BCUT2D eigenvalue weighted by molar-refractivity contribution is 7.12. The van der Waals surface area contributed by atoms with Gasteiger partial charge in [0.25, 0.3) is 5.91 Å². The number of nitrogens with zero attached hydrogens (tertiary/aromatic N) is 2. The topological polar surface area (TPSA) is 40.6 Å². The number of likely N-dealkylation sites (tertiary alicyclic amines) is 2. The van der Waals surface area contributed by atoms with Gasteiger partial charge in [0.05, 0.1) is 5.56 Å². The van der Waals surface area contributed by atoms with Gasteiger partial charge in [0.15, 0.2) is 0 Å². The molecule has 4 nitrogen and oxygen atoms in total. The first-order valence-corrected chi connectivity index (χ1v) is 9.03. The van der Waals surface area contributed by atoms with Crippen molar-refractivity contribution in [1.82, 2.24) is 9.80 Å². The van der Waals surface area contributed by atoms with E-state index in [1.54, 1.807) is 11.3 Å². The average molecular weight is 320 g/mol. The van der Waals surface area contributed by atoms with E-state index in [2.05, 4.69) is 0 Å². The Morgan fingerprint density at radius 2 is 1.68 bits per heavy atom. The number of hydrogen-bond acceptors (Lipinski definition) is 3. The zero-order valence-corrected chi connectivity index (χ0v) is 14.2. The molecule has 5 heteroatoms. The Morgan fingerprint density at radius 3 is 2.23 bits per heavy atom. The fraction of sp³-hybridized carbons (Fsp3) is 0.647. The van der Waals surface area contributed by atoms with Crippen molar-refractivity contribution in [3.8, 4) is 0 Å². The number of aryl methyl sites for hydroxylation is 2. The molecule has 0 aliphatic carbocycles. The number of carbonyl (C=O) groups is 2. The van der Waals surface area contributed by atoms with Gasteiger partial charge in [-0.05, 0) is 45.6 Å². The lowest BCUT2D eigenvalue weighted by molar-refractivity contribution is -0.135. The van der Waals surface area contributed by atoms with Crippen molar-refractivity contribution in [2.75, 3.05) is 26.2 Å². The maximum Gasteiger partial charge on any atom is 0.254 e. The van der Waals surface area contributed by atoms with Crippen LogP contribution in [0.1, 0.15) is 45.8 Å². The van der Waals surface area contributed by atoms with Gasteiger partial charge < -0.3 is 9.80 Å². The van der Waals surface area contributed by atoms with Crippen molar-refractivity contribution in [2.24, 2.45) is 5.92 Å². The highest BCUT2D eigenvalue weighted by Crippen LogP contribution is 2.26. The predicted octanol–water partition coefficient (Wildman–Crippen LogP) is 2.84. The van der Waals surface area contributed by atoms with E-state index in [4.69, 9.17) is 0 Å². The van der Waals surface area contributed by atoms with E-state index in [0.717, 1.165) is 49.2 Å². The van der Waals surface area contributed by atoms with Crippen LogP contribution in [0.2, 0.25) is 0 Å². The Balaban J connectivity index is 1.58.